The minimum Gasteiger partial charge on any atom is -0.338 e. The molecule has 0 saturated carbocycles. The Hall–Kier alpha value is -1.84. The standard InChI is InChI=1S/C12H13NO3/c1-9(14)16-13-8-11(12(13)15)7-10-5-3-2-4-6-10/h2-6,11H,7-8H2,1H3. The Labute approximate surface area is 93.8 Å². The number of rotatable bonds is 3. The molecule has 0 radical (unpaired) electrons. The third kappa shape index (κ3) is 2.21. The van der Waals surface area contributed by atoms with Crippen molar-refractivity contribution in [1.82, 2.24) is 5.06 Å². The van der Waals surface area contributed by atoms with E-state index in [0.717, 1.165) is 10.6 Å². The third-order valence-corrected chi connectivity index (χ3v) is 2.54. The predicted molar refractivity (Wildman–Crippen MR) is 57.1 cm³/mol. The maximum Gasteiger partial charge on any atom is 0.329 e. The molecule has 1 saturated heterocycles. The highest BCUT2D eigenvalue weighted by atomic mass is 16.7. The molecule has 0 spiro atoms. The molecule has 1 aliphatic heterocycles. The number of carbonyl (C=O) groups is 2. The molecule has 4 nitrogen and oxygen atoms in total. The fourth-order valence-corrected chi connectivity index (χ4v) is 1.75. The molecule has 1 unspecified atom stereocenters. The lowest BCUT2D eigenvalue weighted by Gasteiger charge is -2.35. The van der Waals surface area contributed by atoms with E-state index in [1.165, 1.54) is 6.92 Å². The molecule has 1 fully saturated rings. The fraction of sp³-hybridized carbons (Fsp3) is 0.333. The van der Waals surface area contributed by atoms with Crippen LogP contribution in [0, 0.1) is 5.92 Å². The van der Waals surface area contributed by atoms with Crippen LogP contribution in [0.3, 0.4) is 0 Å². The Morgan fingerprint density at radius 2 is 2.12 bits per heavy atom. The van der Waals surface area contributed by atoms with Crippen LogP contribution in [0.15, 0.2) is 30.3 Å². The summed E-state index contributed by atoms with van der Waals surface area (Å²) < 4.78 is 0. The molecular formula is C12H13NO3. The number of hydrogen-bond donors (Lipinski definition) is 0. The third-order valence-electron chi connectivity index (χ3n) is 2.54. The van der Waals surface area contributed by atoms with Crippen LogP contribution in [0.25, 0.3) is 0 Å². The van der Waals surface area contributed by atoms with Crippen molar-refractivity contribution >= 4 is 11.9 Å². The lowest BCUT2D eigenvalue weighted by molar-refractivity contribution is -0.219. The molecule has 1 aromatic carbocycles. The van der Waals surface area contributed by atoms with E-state index in [1.807, 2.05) is 30.3 Å². The van der Waals surface area contributed by atoms with Crippen LogP contribution < -0.4 is 0 Å². The van der Waals surface area contributed by atoms with Crippen LogP contribution in [0.1, 0.15) is 12.5 Å². The molecule has 84 valence electrons. The molecule has 16 heavy (non-hydrogen) atoms. The Kier molecular flexibility index (Phi) is 2.90. The van der Waals surface area contributed by atoms with E-state index in [-0.39, 0.29) is 11.8 Å². The number of nitrogens with zero attached hydrogens (tertiary/aromatic N) is 1. The van der Waals surface area contributed by atoms with E-state index in [9.17, 15) is 9.59 Å². The Balaban J connectivity index is 1.87. The average molecular weight is 219 g/mol. The SMILES string of the molecule is CC(=O)ON1CC(Cc2ccccc2)C1=O. The zero-order valence-electron chi connectivity index (χ0n) is 9.05. The first-order valence-corrected chi connectivity index (χ1v) is 5.20. The average Bonchev–Trinajstić information content (AvgIpc) is 2.28. The van der Waals surface area contributed by atoms with Gasteiger partial charge in [0.25, 0.3) is 5.91 Å². The highest BCUT2D eigenvalue weighted by Crippen LogP contribution is 2.22. The second kappa shape index (κ2) is 4.35. The van der Waals surface area contributed by atoms with Gasteiger partial charge < -0.3 is 4.84 Å². The number of amides is 1. The molecule has 0 bridgehead atoms. The quantitative estimate of drug-likeness (QED) is 0.717. The monoisotopic (exact) mass is 219 g/mol. The van der Waals surface area contributed by atoms with Crippen molar-refractivity contribution in [3.8, 4) is 0 Å². The van der Waals surface area contributed by atoms with Crippen molar-refractivity contribution < 1.29 is 14.4 Å². The summed E-state index contributed by atoms with van der Waals surface area (Å²) in [5.41, 5.74) is 1.13. The van der Waals surface area contributed by atoms with Crippen LogP contribution in [-0.4, -0.2) is 23.5 Å². The summed E-state index contributed by atoms with van der Waals surface area (Å²) in [5.74, 6) is -0.618. The summed E-state index contributed by atoms with van der Waals surface area (Å²) >= 11 is 0. The molecule has 1 aliphatic rings. The van der Waals surface area contributed by atoms with Gasteiger partial charge in [-0.25, -0.2) is 0 Å². The lowest BCUT2D eigenvalue weighted by Crippen LogP contribution is -2.53. The van der Waals surface area contributed by atoms with Crippen LogP contribution in [0.4, 0.5) is 0 Å². The van der Waals surface area contributed by atoms with E-state index in [4.69, 9.17) is 4.84 Å². The number of hydrogen-bond acceptors (Lipinski definition) is 3. The Morgan fingerprint density at radius 1 is 1.44 bits per heavy atom. The highest BCUT2D eigenvalue weighted by molar-refractivity contribution is 5.85. The lowest BCUT2D eigenvalue weighted by atomic mass is 9.93. The molecule has 0 aliphatic carbocycles. The topological polar surface area (TPSA) is 46.6 Å². The van der Waals surface area contributed by atoms with Gasteiger partial charge in [-0.3, -0.25) is 9.59 Å². The zero-order valence-corrected chi connectivity index (χ0v) is 9.05. The van der Waals surface area contributed by atoms with Gasteiger partial charge in [0.1, 0.15) is 0 Å². The summed E-state index contributed by atoms with van der Waals surface area (Å²) in [7, 11) is 0. The number of hydroxylamine groups is 2. The molecule has 2 rings (SSSR count). The van der Waals surface area contributed by atoms with Crippen molar-refractivity contribution in [2.24, 2.45) is 5.92 Å². The van der Waals surface area contributed by atoms with E-state index in [0.29, 0.717) is 13.0 Å². The van der Waals surface area contributed by atoms with Gasteiger partial charge in [-0.2, -0.15) is 5.06 Å². The van der Waals surface area contributed by atoms with Gasteiger partial charge in [-0.05, 0) is 12.0 Å². The van der Waals surface area contributed by atoms with Gasteiger partial charge in [0.15, 0.2) is 0 Å². The largest absolute Gasteiger partial charge is 0.338 e. The van der Waals surface area contributed by atoms with E-state index in [1.54, 1.807) is 0 Å². The van der Waals surface area contributed by atoms with Gasteiger partial charge in [0, 0.05) is 6.92 Å². The molecule has 1 aromatic rings. The van der Waals surface area contributed by atoms with Crippen molar-refractivity contribution in [2.45, 2.75) is 13.3 Å². The minimum atomic E-state index is -0.452. The van der Waals surface area contributed by atoms with Crippen molar-refractivity contribution in [2.75, 3.05) is 6.54 Å². The van der Waals surface area contributed by atoms with Gasteiger partial charge in [0.05, 0.1) is 12.5 Å². The minimum absolute atomic E-state index is 0.0539. The van der Waals surface area contributed by atoms with E-state index < -0.39 is 5.97 Å². The van der Waals surface area contributed by atoms with E-state index >= 15 is 0 Å². The first-order valence-electron chi connectivity index (χ1n) is 5.20. The number of benzene rings is 1. The van der Waals surface area contributed by atoms with Crippen molar-refractivity contribution in [3.05, 3.63) is 35.9 Å². The first-order chi connectivity index (χ1) is 7.66. The summed E-state index contributed by atoms with van der Waals surface area (Å²) in [6.07, 6.45) is 0.706. The van der Waals surface area contributed by atoms with Crippen LogP contribution in [0.5, 0.6) is 0 Å². The predicted octanol–water partition coefficient (Wildman–Crippen LogP) is 1.17. The maximum atomic E-state index is 11.6. The van der Waals surface area contributed by atoms with Crippen molar-refractivity contribution in [3.63, 3.8) is 0 Å². The summed E-state index contributed by atoms with van der Waals surface area (Å²) in [6.45, 7) is 1.78. The van der Waals surface area contributed by atoms with Crippen molar-refractivity contribution in [1.29, 1.82) is 0 Å². The smallest absolute Gasteiger partial charge is 0.329 e. The van der Waals surface area contributed by atoms with Gasteiger partial charge in [0.2, 0.25) is 0 Å². The number of carbonyl (C=O) groups excluding carboxylic acids is 2. The van der Waals surface area contributed by atoms with Crippen LogP contribution >= 0.6 is 0 Å². The summed E-state index contributed by atoms with van der Waals surface area (Å²) in [6, 6.07) is 9.81. The van der Waals surface area contributed by atoms with Crippen LogP contribution in [-0.2, 0) is 20.8 Å². The zero-order chi connectivity index (χ0) is 11.5. The second-order valence-electron chi connectivity index (χ2n) is 3.87. The summed E-state index contributed by atoms with van der Waals surface area (Å²) in [5, 5.41) is 1.12. The normalized spacial score (nSPS) is 19.2. The maximum absolute atomic E-state index is 11.6. The Morgan fingerprint density at radius 3 is 2.69 bits per heavy atom. The van der Waals surface area contributed by atoms with Gasteiger partial charge in [-0.15, -0.1) is 0 Å². The molecule has 0 N–H and O–H groups in total. The molecule has 0 aromatic heterocycles. The number of β-lactam (4-membered cyclic amide) rings is 1. The highest BCUT2D eigenvalue weighted by Gasteiger charge is 2.39. The molecule has 4 heteroatoms. The summed E-state index contributed by atoms with van der Waals surface area (Å²) in [4.78, 5) is 26.9. The molecule has 1 heterocycles. The van der Waals surface area contributed by atoms with Gasteiger partial charge in [-0.1, -0.05) is 30.3 Å². The molecule has 1 amide bonds. The van der Waals surface area contributed by atoms with Crippen LogP contribution in [0.2, 0.25) is 0 Å². The molecular weight excluding hydrogens is 206 g/mol. The van der Waals surface area contributed by atoms with Gasteiger partial charge >= 0.3 is 5.97 Å². The van der Waals surface area contributed by atoms with E-state index in [2.05, 4.69) is 0 Å². The first kappa shape index (κ1) is 10.7. The second-order valence-corrected chi connectivity index (χ2v) is 3.87. The Bertz CT molecular complexity index is 402. The molecule has 1 atom stereocenters. The fourth-order valence-electron chi connectivity index (χ4n) is 1.75.